The van der Waals surface area contributed by atoms with Gasteiger partial charge in [-0.3, -0.25) is 0 Å². The molecule has 0 radical (unpaired) electrons. The third kappa shape index (κ3) is 1.58. The zero-order chi connectivity index (χ0) is 11.7. The molecule has 0 bridgehead atoms. The molecule has 0 aliphatic heterocycles. The summed E-state index contributed by atoms with van der Waals surface area (Å²) in [7, 11) is 1.47. The first-order valence-electron chi connectivity index (χ1n) is 4.63. The third-order valence-electron chi connectivity index (χ3n) is 2.40. The van der Waals surface area contributed by atoms with Crippen LogP contribution in [0, 0.1) is 5.82 Å². The van der Waals surface area contributed by atoms with E-state index in [1.807, 2.05) is 0 Å². The molecule has 16 heavy (non-hydrogen) atoms. The quantitative estimate of drug-likeness (QED) is 0.846. The Labute approximate surface area is 91.1 Å². The van der Waals surface area contributed by atoms with Crippen LogP contribution in [0.1, 0.15) is 10.4 Å². The first kappa shape index (κ1) is 10.4. The highest BCUT2D eigenvalue weighted by Gasteiger charge is 2.11. The molecule has 0 aliphatic rings. The maximum Gasteiger partial charge on any atom is 0.336 e. The largest absolute Gasteiger partial charge is 0.497 e. The van der Waals surface area contributed by atoms with E-state index in [-0.39, 0.29) is 10.9 Å². The Morgan fingerprint density at radius 3 is 2.62 bits per heavy atom. The normalized spacial score (nSPS) is 10.4. The fraction of sp³-hybridized carbons (Fsp3) is 0.0833. The lowest BCUT2D eigenvalue weighted by molar-refractivity contribution is 0.0699. The maximum atomic E-state index is 13.4. The van der Waals surface area contributed by atoms with Crippen LogP contribution in [0.25, 0.3) is 10.8 Å². The van der Waals surface area contributed by atoms with E-state index in [4.69, 9.17) is 9.84 Å². The van der Waals surface area contributed by atoms with Crippen LogP contribution in [-0.4, -0.2) is 18.2 Å². The van der Waals surface area contributed by atoms with Gasteiger partial charge in [-0.05, 0) is 30.3 Å². The van der Waals surface area contributed by atoms with Crippen molar-refractivity contribution in [3.63, 3.8) is 0 Å². The first-order valence-corrected chi connectivity index (χ1v) is 4.63. The molecule has 3 nitrogen and oxygen atoms in total. The summed E-state index contributed by atoms with van der Waals surface area (Å²) in [6.45, 7) is 0. The van der Waals surface area contributed by atoms with Crippen LogP contribution < -0.4 is 4.74 Å². The number of carboxylic acid groups (broad SMARTS) is 1. The number of hydrogen-bond acceptors (Lipinski definition) is 2. The number of carboxylic acids is 1. The van der Waals surface area contributed by atoms with E-state index in [0.29, 0.717) is 11.1 Å². The average Bonchev–Trinajstić information content (AvgIpc) is 2.28. The summed E-state index contributed by atoms with van der Waals surface area (Å²) in [5.41, 5.74) is 0.0651. The summed E-state index contributed by atoms with van der Waals surface area (Å²) in [5.74, 6) is -1.03. The van der Waals surface area contributed by atoms with Crippen molar-refractivity contribution < 1.29 is 19.0 Å². The number of rotatable bonds is 2. The molecule has 0 unspecified atom stereocenters. The molecule has 0 atom stereocenters. The molecular formula is C12H9FO3. The molecule has 0 heterocycles. The van der Waals surface area contributed by atoms with Gasteiger partial charge >= 0.3 is 5.97 Å². The number of halogens is 1. The minimum atomic E-state index is -1.08. The van der Waals surface area contributed by atoms with Crippen LogP contribution in [-0.2, 0) is 0 Å². The van der Waals surface area contributed by atoms with Gasteiger partial charge in [-0.15, -0.1) is 0 Å². The summed E-state index contributed by atoms with van der Waals surface area (Å²) < 4.78 is 18.4. The molecule has 2 rings (SSSR count). The molecule has 0 saturated carbocycles. The second-order valence-electron chi connectivity index (χ2n) is 3.31. The van der Waals surface area contributed by atoms with Crippen LogP contribution in [0.15, 0.2) is 30.3 Å². The molecular weight excluding hydrogens is 211 g/mol. The molecule has 4 heteroatoms. The Balaban J connectivity index is 2.83. The van der Waals surface area contributed by atoms with Gasteiger partial charge in [0.1, 0.15) is 11.6 Å². The molecule has 0 aliphatic carbocycles. The second-order valence-corrected chi connectivity index (χ2v) is 3.31. The number of methoxy groups -OCH3 is 1. The maximum absolute atomic E-state index is 13.4. The lowest BCUT2D eigenvalue weighted by Gasteiger charge is -2.06. The lowest BCUT2D eigenvalue weighted by atomic mass is 10.0. The Bertz CT molecular complexity index is 563. The molecule has 0 saturated heterocycles. The van der Waals surface area contributed by atoms with E-state index in [1.54, 1.807) is 6.07 Å². The van der Waals surface area contributed by atoms with E-state index in [0.717, 1.165) is 6.07 Å². The van der Waals surface area contributed by atoms with E-state index in [9.17, 15) is 9.18 Å². The Morgan fingerprint density at radius 2 is 2.00 bits per heavy atom. The standard InChI is InChI=1S/C12H9FO3/c1-16-7-2-3-8-10(6-7)9(12(14)15)4-5-11(8)13/h2-6H,1H3,(H,14,15). The van der Waals surface area contributed by atoms with Gasteiger partial charge < -0.3 is 9.84 Å². The van der Waals surface area contributed by atoms with E-state index in [2.05, 4.69) is 0 Å². The summed E-state index contributed by atoms with van der Waals surface area (Å²) in [5, 5.41) is 9.59. The molecule has 0 spiro atoms. The summed E-state index contributed by atoms with van der Waals surface area (Å²) in [6, 6.07) is 7.02. The van der Waals surface area contributed by atoms with Crippen LogP contribution in [0.4, 0.5) is 4.39 Å². The zero-order valence-corrected chi connectivity index (χ0v) is 8.53. The monoisotopic (exact) mass is 220 g/mol. The predicted molar refractivity (Wildman–Crippen MR) is 57.4 cm³/mol. The van der Waals surface area contributed by atoms with Gasteiger partial charge in [0.2, 0.25) is 0 Å². The number of fused-ring (bicyclic) bond motifs is 1. The van der Waals surface area contributed by atoms with E-state index >= 15 is 0 Å². The first-order chi connectivity index (χ1) is 7.63. The van der Waals surface area contributed by atoms with Gasteiger partial charge in [0.05, 0.1) is 12.7 Å². The van der Waals surface area contributed by atoms with Crippen molar-refractivity contribution in [1.82, 2.24) is 0 Å². The number of benzene rings is 2. The van der Waals surface area contributed by atoms with Gasteiger partial charge in [-0.25, -0.2) is 9.18 Å². The zero-order valence-electron chi connectivity index (χ0n) is 8.53. The van der Waals surface area contributed by atoms with Crippen molar-refractivity contribution in [2.45, 2.75) is 0 Å². The van der Waals surface area contributed by atoms with Gasteiger partial charge in [-0.1, -0.05) is 0 Å². The highest BCUT2D eigenvalue weighted by molar-refractivity contribution is 6.04. The Kier molecular flexibility index (Phi) is 2.48. The molecule has 2 aromatic rings. The van der Waals surface area contributed by atoms with Crippen LogP contribution in [0.5, 0.6) is 5.75 Å². The van der Waals surface area contributed by atoms with Gasteiger partial charge in [-0.2, -0.15) is 0 Å². The third-order valence-corrected chi connectivity index (χ3v) is 2.40. The van der Waals surface area contributed by atoms with Crippen LogP contribution in [0.2, 0.25) is 0 Å². The number of ether oxygens (including phenoxy) is 1. The van der Waals surface area contributed by atoms with Crippen molar-refractivity contribution in [2.24, 2.45) is 0 Å². The fourth-order valence-electron chi connectivity index (χ4n) is 1.60. The molecule has 82 valence electrons. The summed E-state index contributed by atoms with van der Waals surface area (Å²) in [6.07, 6.45) is 0. The van der Waals surface area contributed by atoms with Crippen molar-refractivity contribution in [1.29, 1.82) is 0 Å². The number of aromatic carboxylic acids is 1. The van der Waals surface area contributed by atoms with Crippen LogP contribution in [0.3, 0.4) is 0 Å². The highest BCUT2D eigenvalue weighted by atomic mass is 19.1. The smallest absolute Gasteiger partial charge is 0.336 e. The molecule has 1 N–H and O–H groups in total. The summed E-state index contributed by atoms with van der Waals surface area (Å²) >= 11 is 0. The molecule has 0 aromatic heterocycles. The van der Waals surface area contributed by atoms with Crippen molar-refractivity contribution in [2.75, 3.05) is 7.11 Å². The van der Waals surface area contributed by atoms with Gasteiger partial charge in [0.15, 0.2) is 0 Å². The second kappa shape index (κ2) is 3.81. The fourth-order valence-corrected chi connectivity index (χ4v) is 1.60. The van der Waals surface area contributed by atoms with Crippen molar-refractivity contribution in [3.8, 4) is 5.75 Å². The van der Waals surface area contributed by atoms with Crippen molar-refractivity contribution >= 4 is 16.7 Å². The van der Waals surface area contributed by atoms with Gasteiger partial charge in [0.25, 0.3) is 0 Å². The molecule has 0 fully saturated rings. The topological polar surface area (TPSA) is 46.5 Å². The lowest BCUT2D eigenvalue weighted by Crippen LogP contribution is -1.98. The minimum Gasteiger partial charge on any atom is -0.497 e. The number of carbonyl (C=O) groups is 1. The average molecular weight is 220 g/mol. The molecule has 0 amide bonds. The predicted octanol–water partition coefficient (Wildman–Crippen LogP) is 2.69. The highest BCUT2D eigenvalue weighted by Crippen LogP contribution is 2.26. The van der Waals surface area contributed by atoms with Crippen LogP contribution >= 0.6 is 0 Å². The van der Waals surface area contributed by atoms with Crippen molar-refractivity contribution in [3.05, 3.63) is 41.7 Å². The van der Waals surface area contributed by atoms with E-state index < -0.39 is 11.8 Å². The SMILES string of the molecule is COc1ccc2c(F)ccc(C(=O)O)c2c1. The Hall–Kier alpha value is -2.10. The number of hydrogen-bond donors (Lipinski definition) is 1. The minimum absolute atomic E-state index is 0.0651. The van der Waals surface area contributed by atoms with Gasteiger partial charge in [0, 0.05) is 10.8 Å². The summed E-state index contributed by atoms with van der Waals surface area (Å²) in [4.78, 5) is 11.0. The molecule has 2 aromatic carbocycles. The van der Waals surface area contributed by atoms with E-state index in [1.165, 1.54) is 25.3 Å². The Morgan fingerprint density at radius 1 is 1.25 bits per heavy atom.